The predicted octanol–water partition coefficient (Wildman–Crippen LogP) is 3.18. The van der Waals surface area contributed by atoms with Crippen LogP contribution in [0, 0.1) is 13.8 Å². The number of aryl methyl sites for hydroxylation is 2. The number of halogens is 1. The van der Waals surface area contributed by atoms with E-state index in [9.17, 15) is 0 Å². The van der Waals surface area contributed by atoms with Crippen LogP contribution in [0.2, 0.25) is 0 Å². The number of hydrogen-bond donors (Lipinski definition) is 2. The van der Waals surface area contributed by atoms with Crippen molar-refractivity contribution in [3.05, 3.63) is 40.0 Å². The van der Waals surface area contributed by atoms with Gasteiger partial charge in [0.2, 0.25) is 5.95 Å². The minimum absolute atomic E-state index is 0.266. The first-order chi connectivity index (χ1) is 8.06. The first-order valence-electron chi connectivity index (χ1n) is 5.18. The average molecular weight is 293 g/mol. The highest BCUT2D eigenvalue weighted by molar-refractivity contribution is 9.10. The van der Waals surface area contributed by atoms with Crippen LogP contribution in [0.1, 0.15) is 11.1 Å². The second-order valence-electron chi connectivity index (χ2n) is 3.84. The van der Waals surface area contributed by atoms with Crippen molar-refractivity contribution in [3.63, 3.8) is 0 Å². The zero-order valence-corrected chi connectivity index (χ0v) is 11.2. The number of anilines is 3. The number of aromatic nitrogens is 2. The van der Waals surface area contributed by atoms with Gasteiger partial charge in [0.25, 0.3) is 0 Å². The molecule has 0 saturated carbocycles. The van der Waals surface area contributed by atoms with Gasteiger partial charge in [-0.2, -0.15) is 4.98 Å². The molecule has 0 saturated heterocycles. The molecule has 0 radical (unpaired) electrons. The SMILES string of the molecule is Cc1cc(Br)cc(C)c1Nc1ccnc(N)n1. The van der Waals surface area contributed by atoms with Crippen molar-refractivity contribution >= 4 is 33.4 Å². The third-order valence-corrected chi connectivity index (χ3v) is 2.88. The molecule has 88 valence electrons. The van der Waals surface area contributed by atoms with Crippen molar-refractivity contribution in [2.45, 2.75) is 13.8 Å². The Morgan fingerprint density at radius 1 is 1.24 bits per heavy atom. The van der Waals surface area contributed by atoms with Crippen LogP contribution < -0.4 is 11.1 Å². The van der Waals surface area contributed by atoms with Gasteiger partial charge in [0.15, 0.2) is 0 Å². The number of nitrogens with zero attached hydrogens (tertiary/aromatic N) is 2. The lowest BCUT2D eigenvalue weighted by atomic mass is 10.1. The number of hydrogen-bond acceptors (Lipinski definition) is 4. The number of nitrogens with two attached hydrogens (primary N) is 1. The molecule has 0 aliphatic rings. The molecule has 0 unspecified atom stereocenters. The predicted molar refractivity (Wildman–Crippen MR) is 73.3 cm³/mol. The Kier molecular flexibility index (Phi) is 3.28. The van der Waals surface area contributed by atoms with E-state index in [1.54, 1.807) is 12.3 Å². The summed E-state index contributed by atoms with van der Waals surface area (Å²) in [4.78, 5) is 7.98. The van der Waals surface area contributed by atoms with E-state index >= 15 is 0 Å². The van der Waals surface area contributed by atoms with E-state index in [0.29, 0.717) is 5.82 Å². The molecule has 1 aromatic heterocycles. The van der Waals surface area contributed by atoms with E-state index in [1.165, 1.54) is 0 Å². The summed E-state index contributed by atoms with van der Waals surface area (Å²) >= 11 is 3.47. The van der Waals surface area contributed by atoms with Crippen molar-refractivity contribution in [1.29, 1.82) is 0 Å². The number of benzene rings is 1. The van der Waals surface area contributed by atoms with Crippen molar-refractivity contribution in [3.8, 4) is 0 Å². The van der Waals surface area contributed by atoms with Crippen LogP contribution >= 0.6 is 15.9 Å². The van der Waals surface area contributed by atoms with Crippen molar-refractivity contribution < 1.29 is 0 Å². The molecule has 4 nitrogen and oxygen atoms in total. The Labute approximate surface area is 108 Å². The first-order valence-corrected chi connectivity index (χ1v) is 5.98. The molecule has 0 spiro atoms. The molecule has 1 heterocycles. The quantitative estimate of drug-likeness (QED) is 0.892. The third kappa shape index (κ3) is 2.74. The van der Waals surface area contributed by atoms with Crippen LogP contribution in [-0.2, 0) is 0 Å². The number of nitrogens with one attached hydrogen (secondary N) is 1. The Bertz CT molecular complexity index is 531. The molecular formula is C12H13BrN4. The van der Waals surface area contributed by atoms with Crippen LogP contribution in [0.3, 0.4) is 0 Å². The molecule has 5 heteroatoms. The van der Waals surface area contributed by atoms with Crippen LogP contribution in [0.25, 0.3) is 0 Å². The van der Waals surface area contributed by atoms with Gasteiger partial charge in [0.05, 0.1) is 0 Å². The van der Waals surface area contributed by atoms with Gasteiger partial charge in [0, 0.05) is 16.4 Å². The van der Waals surface area contributed by atoms with E-state index in [1.807, 2.05) is 13.8 Å². The second-order valence-corrected chi connectivity index (χ2v) is 4.76. The van der Waals surface area contributed by atoms with Gasteiger partial charge < -0.3 is 11.1 Å². The molecule has 0 aliphatic carbocycles. The lowest BCUT2D eigenvalue weighted by molar-refractivity contribution is 1.18. The summed E-state index contributed by atoms with van der Waals surface area (Å²) in [5.41, 5.74) is 8.88. The van der Waals surface area contributed by atoms with Crippen LogP contribution in [0.15, 0.2) is 28.9 Å². The molecule has 0 bridgehead atoms. The fraction of sp³-hybridized carbons (Fsp3) is 0.167. The Morgan fingerprint density at radius 2 is 1.88 bits per heavy atom. The minimum Gasteiger partial charge on any atom is -0.368 e. The van der Waals surface area contributed by atoms with Crippen LogP contribution in [0.5, 0.6) is 0 Å². The molecule has 0 amide bonds. The zero-order valence-electron chi connectivity index (χ0n) is 9.66. The molecule has 3 N–H and O–H groups in total. The summed E-state index contributed by atoms with van der Waals surface area (Å²) in [6, 6.07) is 5.90. The fourth-order valence-corrected chi connectivity index (χ4v) is 2.37. The summed E-state index contributed by atoms with van der Waals surface area (Å²) in [5.74, 6) is 0.966. The van der Waals surface area contributed by atoms with Crippen molar-refractivity contribution in [2.75, 3.05) is 11.1 Å². The van der Waals surface area contributed by atoms with Gasteiger partial charge in [-0.3, -0.25) is 0 Å². The smallest absolute Gasteiger partial charge is 0.221 e. The minimum atomic E-state index is 0.266. The van der Waals surface area contributed by atoms with Gasteiger partial charge in [-0.15, -0.1) is 0 Å². The van der Waals surface area contributed by atoms with E-state index in [2.05, 4.69) is 43.3 Å². The highest BCUT2D eigenvalue weighted by atomic mass is 79.9. The summed E-state index contributed by atoms with van der Waals surface area (Å²) in [6.45, 7) is 4.09. The van der Waals surface area contributed by atoms with Gasteiger partial charge in [-0.05, 0) is 43.2 Å². The van der Waals surface area contributed by atoms with E-state index < -0.39 is 0 Å². The summed E-state index contributed by atoms with van der Waals surface area (Å²) < 4.78 is 1.07. The maximum atomic E-state index is 5.54. The first kappa shape index (κ1) is 11.9. The number of rotatable bonds is 2. The van der Waals surface area contributed by atoms with Gasteiger partial charge in [-0.25, -0.2) is 4.98 Å². The number of nitrogen functional groups attached to an aromatic ring is 1. The Morgan fingerprint density at radius 3 is 2.47 bits per heavy atom. The summed E-state index contributed by atoms with van der Waals surface area (Å²) in [5, 5.41) is 3.26. The molecule has 0 aliphatic heterocycles. The van der Waals surface area contributed by atoms with Crippen molar-refractivity contribution in [1.82, 2.24) is 9.97 Å². The summed E-state index contributed by atoms with van der Waals surface area (Å²) in [7, 11) is 0. The molecule has 2 aromatic rings. The van der Waals surface area contributed by atoms with Gasteiger partial charge >= 0.3 is 0 Å². The zero-order chi connectivity index (χ0) is 12.4. The van der Waals surface area contributed by atoms with E-state index in [-0.39, 0.29) is 5.95 Å². The molecular weight excluding hydrogens is 280 g/mol. The molecule has 2 rings (SSSR count). The largest absolute Gasteiger partial charge is 0.368 e. The fourth-order valence-electron chi connectivity index (χ4n) is 1.68. The van der Waals surface area contributed by atoms with E-state index in [4.69, 9.17) is 5.73 Å². The monoisotopic (exact) mass is 292 g/mol. The highest BCUT2D eigenvalue weighted by Gasteiger charge is 2.05. The Balaban J connectivity index is 2.36. The Hall–Kier alpha value is -1.62. The maximum Gasteiger partial charge on any atom is 0.221 e. The molecule has 0 atom stereocenters. The third-order valence-electron chi connectivity index (χ3n) is 2.42. The van der Waals surface area contributed by atoms with Crippen LogP contribution in [0.4, 0.5) is 17.5 Å². The molecule has 1 aromatic carbocycles. The lowest BCUT2D eigenvalue weighted by Gasteiger charge is -2.12. The van der Waals surface area contributed by atoms with Crippen molar-refractivity contribution in [2.24, 2.45) is 0 Å². The highest BCUT2D eigenvalue weighted by Crippen LogP contribution is 2.27. The van der Waals surface area contributed by atoms with Gasteiger partial charge in [-0.1, -0.05) is 15.9 Å². The normalized spacial score (nSPS) is 10.3. The molecule has 0 fully saturated rings. The lowest BCUT2D eigenvalue weighted by Crippen LogP contribution is -2.01. The van der Waals surface area contributed by atoms with Crippen LogP contribution in [-0.4, -0.2) is 9.97 Å². The van der Waals surface area contributed by atoms with E-state index in [0.717, 1.165) is 21.3 Å². The maximum absolute atomic E-state index is 5.54. The summed E-state index contributed by atoms with van der Waals surface area (Å²) in [6.07, 6.45) is 1.63. The molecule has 17 heavy (non-hydrogen) atoms. The standard InChI is InChI=1S/C12H13BrN4/c1-7-5-9(13)6-8(2)11(7)16-10-3-4-15-12(14)17-10/h3-6H,1-2H3,(H3,14,15,16,17). The topological polar surface area (TPSA) is 63.8 Å². The average Bonchev–Trinajstić information content (AvgIpc) is 2.23. The second kappa shape index (κ2) is 4.71. The van der Waals surface area contributed by atoms with Gasteiger partial charge in [0.1, 0.15) is 5.82 Å².